The Labute approximate surface area is 143 Å². The van der Waals surface area contributed by atoms with Gasteiger partial charge in [0.05, 0.1) is 10.5 Å². The lowest BCUT2D eigenvalue weighted by atomic mass is 10.2. The van der Waals surface area contributed by atoms with Crippen molar-refractivity contribution in [3.05, 3.63) is 63.7 Å². The average Bonchev–Trinajstić information content (AvgIpc) is 3.02. The van der Waals surface area contributed by atoms with E-state index in [-0.39, 0.29) is 22.4 Å². The Kier molecular flexibility index (Phi) is 4.13. The molecule has 3 aromatic rings. The topological polar surface area (TPSA) is 97.6 Å². The maximum atomic E-state index is 12.8. The third-order valence-electron chi connectivity index (χ3n) is 3.42. The van der Waals surface area contributed by atoms with Crippen LogP contribution in [0.5, 0.6) is 0 Å². The fourth-order valence-electron chi connectivity index (χ4n) is 2.22. The highest BCUT2D eigenvalue weighted by Gasteiger charge is 2.31. The Bertz CT molecular complexity index is 1080. The first kappa shape index (κ1) is 17.1. The summed E-state index contributed by atoms with van der Waals surface area (Å²) < 4.78 is 38.3. The number of halogens is 3. The predicted molar refractivity (Wildman–Crippen MR) is 85.4 cm³/mol. The standard InChI is InChI=1S/C16H8F3N5O2/c17-16(18,19)11-4-5-14-15(8-11)22-23(21-14)13(9-20)7-10-2-1-3-12(6-10)24(25)26/h1-8H/b13-7+. The highest BCUT2D eigenvalue weighted by molar-refractivity contribution is 5.81. The van der Waals surface area contributed by atoms with E-state index < -0.39 is 16.7 Å². The van der Waals surface area contributed by atoms with Gasteiger partial charge >= 0.3 is 6.18 Å². The van der Waals surface area contributed by atoms with Crippen molar-refractivity contribution in [2.75, 3.05) is 0 Å². The molecule has 0 radical (unpaired) electrons. The van der Waals surface area contributed by atoms with Crippen LogP contribution in [0.15, 0.2) is 42.5 Å². The summed E-state index contributed by atoms with van der Waals surface area (Å²) in [5.74, 6) is 0. The molecule has 1 aromatic heterocycles. The van der Waals surface area contributed by atoms with Crippen molar-refractivity contribution in [1.29, 1.82) is 5.26 Å². The fraction of sp³-hybridized carbons (Fsp3) is 0.0625. The summed E-state index contributed by atoms with van der Waals surface area (Å²) >= 11 is 0. The van der Waals surface area contributed by atoms with Crippen LogP contribution >= 0.6 is 0 Å². The second-order valence-electron chi connectivity index (χ2n) is 5.18. The molecule has 1 heterocycles. The van der Waals surface area contributed by atoms with E-state index in [4.69, 9.17) is 0 Å². The first-order valence-corrected chi connectivity index (χ1v) is 7.09. The van der Waals surface area contributed by atoms with E-state index in [1.165, 1.54) is 30.3 Å². The predicted octanol–water partition coefficient (Wildman–Crippen LogP) is 3.88. The smallest absolute Gasteiger partial charge is 0.258 e. The van der Waals surface area contributed by atoms with Gasteiger partial charge in [0.1, 0.15) is 17.1 Å². The second kappa shape index (κ2) is 6.29. The maximum absolute atomic E-state index is 12.8. The molecular formula is C16H8F3N5O2. The van der Waals surface area contributed by atoms with Crippen LogP contribution in [0.2, 0.25) is 0 Å². The van der Waals surface area contributed by atoms with Crippen LogP contribution in [0.4, 0.5) is 18.9 Å². The molecule has 0 aliphatic carbocycles. The summed E-state index contributed by atoms with van der Waals surface area (Å²) in [7, 11) is 0. The molecule has 0 amide bonds. The van der Waals surface area contributed by atoms with Crippen LogP contribution in [-0.4, -0.2) is 19.9 Å². The molecule has 7 nitrogen and oxygen atoms in total. The number of rotatable bonds is 3. The summed E-state index contributed by atoms with van der Waals surface area (Å²) in [5.41, 5.74) is -0.635. The van der Waals surface area contributed by atoms with Gasteiger partial charge in [-0.2, -0.15) is 18.4 Å². The van der Waals surface area contributed by atoms with Gasteiger partial charge in [0.2, 0.25) is 0 Å². The molecule has 0 saturated carbocycles. The molecular weight excluding hydrogens is 351 g/mol. The minimum Gasteiger partial charge on any atom is -0.258 e. The Hall–Kier alpha value is -3.74. The molecule has 10 heteroatoms. The monoisotopic (exact) mass is 359 g/mol. The fourth-order valence-corrected chi connectivity index (χ4v) is 2.22. The molecule has 0 fully saturated rings. The average molecular weight is 359 g/mol. The number of allylic oxidation sites excluding steroid dienone is 1. The number of benzene rings is 2. The van der Waals surface area contributed by atoms with Gasteiger partial charge in [-0.1, -0.05) is 12.1 Å². The molecule has 0 N–H and O–H groups in total. The van der Waals surface area contributed by atoms with Gasteiger partial charge in [0.15, 0.2) is 5.70 Å². The van der Waals surface area contributed by atoms with Crippen LogP contribution in [0.1, 0.15) is 11.1 Å². The molecule has 26 heavy (non-hydrogen) atoms. The zero-order valence-corrected chi connectivity index (χ0v) is 12.8. The number of nitro benzene ring substituents is 1. The van der Waals surface area contributed by atoms with Crippen LogP contribution in [0, 0.1) is 21.4 Å². The molecule has 0 unspecified atom stereocenters. The molecule has 3 rings (SSSR count). The van der Waals surface area contributed by atoms with Crippen LogP contribution in [0.3, 0.4) is 0 Å². The van der Waals surface area contributed by atoms with Gasteiger partial charge in [-0.15, -0.1) is 15.0 Å². The van der Waals surface area contributed by atoms with Gasteiger partial charge in [0.25, 0.3) is 5.69 Å². The highest BCUT2D eigenvalue weighted by Crippen LogP contribution is 2.30. The number of nitriles is 1. The van der Waals surface area contributed by atoms with Crippen molar-refractivity contribution in [3.8, 4) is 6.07 Å². The van der Waals surface area contributed by atoms with Crippen molar-refractivity contribution in [3.63, 3.8) is 0 Å². The maximum Gasteiger partial charge on any atom is 0.416 e. The van der Waals surface area contributed by atoms with Gasteiger partial charge in [0, 0.05) is 12.1 Å². The van der Waals surface area contributed by atoms with E-state index in [0.29, 0.717) is 5.56 Å². The van der Waals surface area contributed by atoms with E-state index in [1.807, 2.05) is 6.07 Å². The van der Waals surface area contributed by atoms with E-state index >= 15 is 0 Å². The zero-order valence-electron chi connectivity index (χ0n) is 12.8. The summed E-state index contributed by atoms with van der Waals surface area (Å²) in [6, 6.07) is 10.2. The van der Waals surface area contributed by atoms with Crippen molar-refractivity contribution in [2.45, 2.75) is 6.18 Å². The lowest BCUT2D eigenvalue weighted by Crippen LogP contribution is -2.04. The first-order valence-electron chi connectivity index (χ1n) is 7.09. The summed E-state index contributed by atoms with van der Waals surface area (Å²) in [6.45, 7) is 0. The van der Waals surface area contributed by atoms with E-state index in [0.717, 1.165) is 23.0 Å². The molecule has 0 atom stereocenters. The largest absolute Gasteiger partial charge is 0.416 e. The Morgan fingerprint density at radius 2 is 1.92 bits per heavy atom. The number of nitrogens with zero attached hydrogens (tertiary/aromatic N) is 5. The molecule has 0 spiro atoms. The minimum atomic E-state index is -4.52. The van der Waals surface area contributed by atoms with Crippen molar-refractivity contribution >= 4 is 28.5 Å². The molecule has 0 bridgehead atoms. The Morgan fingerprint density at radius 3 is 2.58 bits per heavy atom. The van der Waals surface area contributed by atoms with Gasteiger partial charge in [-0.3, -0.25) is 10.1 Å². The molecule has 0 saturated heterocycles. The second-order valence-corrected chi connectivity index (χ2v) is 5.18. The molecule has 2 aromatic carbocycles. The van der Waals surface area contributed by atoms with Crippen molar-refractivity contribution < 1.29 is 18.1 Å². The van der Waals surface area contributed by atoms with Gasteiger partial charge < -0.3 is 0 Å². The number of nitro groups is 1. The summed E-state index contributed by atoms with van der Waals surface area (Å²) in [5, 5.41) is 28.0. The quantitative estimate of drug-likeness (QED) is 0.401. The number of non-ortho nitro benzene ring substituents is 1. The number of hydrogen-bond donors (Lipinski definition) is 0. The third kappa shape index (κ3) is 3.36. The number of hydrogen-bond acceptors (Lipinski definition) is 5. The highest BCUT2D eigenvalue weighted by atomic mass is 19.4. The zero-order chi connectivity index (χ0) is 18.9. The lowest BCUT2D eigenvalue weighted by Gasteiger charge is -2.04. The SMILES string of the molecule is N#C/C(=C\c1cccc([N+](=O)[O-])c1)n1nc2ccc(C(F)(F)F)cc2n1. The Morgan fingerprint density at radius 1 is 1.19 bits per heavy atom. The Balaban J connectivity index is 2.04. The van der Waals surface area contributed by atoms with Gasteiger partial charge in [-0.25, -0.2) is 0 Å². The summed E-state index contributed by atoms with van der Waals surface area (Å²) in [6.07, 6.45) is -3.22. The minimum absolute atomic E-state index is 0.0278. The summed E-state index contributed by atoms with van der Waals surface area (Å²) in [4.78, 5) is 11.1. The van der Waals surface area contributed by atoms with Crippen LogP contribution in [0.25, 0.3) is 22.8 Å². The van der Waals surface area contributed by atoms with Crippen LogP contribution < -0.4 is 0 Å². The van der Waals surface area contributed by atoms with E-state index in [1.54, 1.807) is 0 Å². The van der Waals surface area contributed by atoms with Crippen molar-refractivity contribution in [2.24, 2.45) is 0 Å². The van der Waals surface area contributed by atoms with Crippen molar-refractivity contribution in [1.82, 2.24) is 15.0 Å². The van der Waals surface area contributed by atoms with Crippen LogP contribution in [-0.2, 0) is 6.18 Å². The normalized spacial score (nSPS) is 12.2. The molecule has 0 aliphatic rings. The van der Waals surface area contributed by atoms with E-state index in [2.05, 4.69) is 10.2 Å². The van der Waals surface area contributed by atoms with E-state index in [9.17, 15) is 28.5 Å². The van der Waals surface area contributed by atoms with Gasteiger partial charge in [-0.05, 0) is 29.8 Å². The first-order chi connectivity index (χ1) is 12.3. The third-order valence-corrected chi connectivity index (χ3v) is 3.42. The lowest BCUT2D eigenvalue weighted by molar-refractivity contribution is -0.384. The number of aromatic nitrogens is 3. The number of fused-ring (bicyclic) bond motifs is 1. The number of alkyl halides is 3. The molecule has 0 aliphatic heterocycles. The molecule has 130 valence electrons.